The molecule has 0 amide bonds. The molecule has 1 aromatic carbocycles. The molecule has 1 N–H and O–H groups in total. The maximum atomic E-state index is 11.3. The van der Waals surface area contributed by atoms with Gasteiger partial charge in [-0.1, -0.05) is 0 Å². The Bertz CT molecular complexity index is 461. The van der Waals surface area contributed by atoms with Crippen LogP contribution in [0, 0.1) is 6.92 Å². The molecule has 1 fully saturated rings. The van der Waals surface area contributed by atoms with E-state index in [-0.39, 0.29) is 0 Å². The van der Waals surface area contributed by atoms with Gasteiger partial charge in [-0.05, 0) is 37.5 Å². The van der Waals surface area contributed by atoms with E-state index in [1.807, 2.05) is 13.0 Å². The molecule has 1 saturated carbocycles. The first kappa shape index (κ1) is 11.8. The second kappa shape index (κ2) is 3.95. The predicted molar refractivity (Wildman–Crippen MR) is 62.8 cm³/mol. The second-order valence-corrected chi connectivity index (χ2v) is 4.41. The molecule has 0 radical (unpaired) electrons. The van der Waals surface area contributed by atoms with Crippen LogP contribution in [0.1, 0.15) is 24.0 Å². The zero-order valence-corrected chi connectivity index (χ0v) is 10.2. The number of methoxy groups -OCH3 is 2. The molecule has 0 atom stereocenters. The largest absolute Gasteiger partial charge is 0.496 e. The fraction of sp³-hybridized carbons (Fsp3) is 0.462. The number of carboxylic acids is 1. The Balaban J connectivity index is 2.56. The summed E-state index contributed by atoms with van der Waals surface area (Å²) in [5.41, 5.74) is 0.885. The molecule has 92 valence electrons. The van der Waals surface area contributed by atoms with Crippen molar-refractivity contribution < 1.29 is 19.4 Å². The lowest BCUT2D eigenvalue weighted by molar-refractivity contribution is -0.140. The Labute approximate surface area is 100 Å². The quantitative estimate of drug-likeness (QED) is 0.870. The number of benzene rings is 1. The van der Waals surface area contributed by atoms with Crippen molar-refractivity contribution in [2.45, 2.75) is 25.2 Å². The first-order chi connectivity index (χ1) is 8.05. The summed E-state index contributed by atoms with van der Waals surface area (Å²) in [6.45, 7) is 1.91. The fourth-order valence-electron chi connectivity index (χ4n) is 2.15. The molecule has 1 aliphatic rings. The van der Waals surface area contributed by atoms with Crippen molar-refractivity contribution in [1.82, 2.24) is 0 Å². The molecule has 0 aromatic heterocycles. The van der Waals surface area contributed by atoms with Gasteiger partial charge in [-0.25, -0.2) is 0 Å². The minimum Gasteiger partial charge on any atom is -0.496 e. The molecule has 4 heteroatoms. The number of hydrogen-bond donors (Lipinski definition) is 1. The smallest absolute Gasteiger partial charge is 0.314 e. The van der Waals surface area contributed by atoms with Crippen LogP contribution in [0.2, 0.25) is 0 Å². The number of aryl methyl sites for hydroxylation is 1. The Hall–Kier alpha value is -1.71. The molecule has 1 aromatic rings. The Morgan fingerprint density at radius 3 is 2.24 bits per heavy atom. The number of ether oxygens (including phenoxy) is 2. The molecule has 0 saturated heterocycles. The summed E-state index contributed by atoms with van der Waals surface area (Å²) in [6.07, 6.45) is 1.32. The summed E-state index contributed by atoms with van der Waals surface area (Å²) in [6, 6.07) is 3.62. The van der Waals surface area contributed by atoms with Crippen molar-refractivity contribution in [2.24, 2.45) is 0 Å². The van der Waals surface area contributed by atoms with Gasteiger partial charge >= 0.3 is 5.97 Å². The van der Waals surface area contributed by atoms with Crippen LogP contribution in [0.15, 0.2) is 12.1 Å². The highest BCUT2D eigenvalue weighted by Crippen LogP contribution is 2.52. The third-order valence-corrected chi connectivity index (χ3v) is 3.39. The number of aliphatic carboxylic acids is 1. The van der Waals surface area contributed by atoms with E-state index in [4.69, 9.17) is 9.47 Å². The highest BCUT2D eigenvalue weighted by Gasteiger charge is 2.53. The van der Waals surface area contributed by atoms with Crippen molar-refractivity contribution in [3.05, 3.63) is 23.3 Å². The Morgan fingerprint density at radius 2 is 1.82 bits per heavy atom. The van der Waals surface area contributed by atoms with Gasteiger partial charge in [-0.15, -0.1) is 0 Å². The summed E-state index contributed by atoms with van der Waals surface area (Å²) in [4.78, 5) is 11.3. The van der Waals surface area contributed by atoms with Gasteiger partial charge in [0.15, 0.2) is 0 Å². The Morgan fingerprint density at radius 1 is 1.24 bits per heavy atom. The number of hydrogen-bond acceptors (Lipinski definition) is 3. The van der Waals surface area contributed by atoms with Crippen molar-refractivity contribution in [1.29, 1.82) is 0 Å². The van der Waals surface area contributed by atoms with Crippen LogP contribution in [0.25, 0.3) is 0 Å². The number of carbonyl (C=O) groups is 1. The Kier molecular flexibility index (Phi) is 2.73. The van der Waals surface area contributed by atoms with Crippen molar-refractivity contribution >= 4 is 5.97 Å². The summed E-state index contributed by atoms with van der Waals surface area (Å²) in [5.74, 6) is 0.540. The van der Waals surface area contributed by atoms with Crippen LogP contribution in [0.4, 0.5) is 0 Å². The summed E-state index contributed by atoms with van der Waals surface area (Å²) < 4.78 is 10.5. The van der Waals surface area contributed by atoms with Gasteiger partial charge in [-0.2, -0.15) is 0 Å². The molecule has 0 bridgehead atoms. The van der Waals surface area contributed by atoms with E-state index in [0.717, 1.165) is 11.1 Å². The monoisotopic (exact) mass is 236 g/mol. The SMILES string of the molecule is COc1cc(C2(C(=O)O)CC2)c(OC)cc1C. The molecule has 17 heavy (non-hydrogen) atoms. The minimum atomic E-state index is -0.790. The predicted octanol–water partition coefficient (Wildman–Crippen LogP) is 2.13. The average Bonchev–Trinajstić information content (AvgIpc) is 3.09. The normalized spacial score (nSPS) is 16.4. The van der Waals surface area contributed by atoms with Crippen molar-refractivity contribution in [2.75, 3.05) is 14.2 Å². The van der Waals surface area contributed by atoms with Gasteiger partial charge in [0.2, 0.25) is 0 Å². The first-order valence-corrected chi connectivity index (χ1v) is 5.51. The molecule has 1 aliphatic carbocycles. The molecule has 4 nitrogen and oxygen atoms in total. The lowest BCUT2D eigenvalue weighted by atomic mass is 9.93. The highest BCUT2D eigenvalue weighted by atomic mass is 16.5. The van der Waals surface area contributed by atoms with Crippen molar-refractivity contribution in [3.8, 4) is 11.5 Å². The van der Waals surface area contributed by atoms with E-state index in [0.29, 0.717) is 24.3 Å². The molecule has 0 heterocycles. The molecule has 0 spiro atoms. The van der Waals surface area contributed by atoms with Crippen LogP contribution in [-0.2, 0) is 10.2 Å². The standard InChI is InChI=1S/C13H16O4/c1-8-6-11(17-3)9(7-10(8)16-2)13(4-5-13)12(14)15/h6-7H,4-5H2,1-3H3,(H,14,15). The molecule has 0 unspecified atom stereocenters. The maximum absolute atomic E-state index is 11.3. The van der Waals surface area contributed by atoms with E-state index in [9.17, 15) is 9.90 Å². The first-order valence-electron chi connectivity index (χ1n) is 5.51. The summed E-state index contributed by atoms with van der Waals surface area (Å²) >= 11 is 0. The number of carboxylic acid groups (broad SMARTS) is 1. The van der Waals surface area contributed by atoms with E-state index < -0.39 is 11.4 Å². The fourth-order valence-corrected chi connectivity index (χ4v) is 2.15. The molecular formula is C13H16O4. The van der Waals surface area contributed by atoms with E-state index in [1.54, 1.807) is 20.3 Å². The summed E-state index contributed by atoms with van der Waals surface area (Å²) in [7, 11) is 3.14. The van der Waals surface area contributed by atoms with Gasteiger partial charge in [0.1, 0.15) is 11.5 Å². The van der Waals surface area contributed by atoms with E-state index >= 15 is 0 Å². The van der Waals surface area contributed by atoms with Gasteiger partial charge in [0, 0.05) is 5.56 Å². The number of rotatable bonds is 4. The highest BCUT2D eigenvalue weighted by molar-refractivity contribution is 5.86. The van der Waals surface area contributed by atoms with Crippen molar-refractivity contribution in [3.63, 3.8) is 0 Å². The van der Waals surface area contributed by atoms with Gasteiger partial charge in [0.05, 0.1) is 19.6 Å². The topological polar surface area (TPSA) is 55.8 Å². The van der Waals surface area contributed by atoms with Gasteiger partial charge < -0.3 is 14.6 Å². The minimum absolute atomic E-state index is 0.628. The van der Waals surface area contributed by atoms with Crippen LogP contribution in [0.3, 0.4) is 0 Å². The third-order valence-electron chi connectivity index (χ3n) is 3.39. The lowest BCUT2D eigenvalue weighted by Gasteiger charge is -2.17. The second-order valence-electron chi connectivity index (χ2n) is 4.41. The maximum Gasteiger partial charge on any atom is 0.314 e. The van der Waals surface area contributed by atoms with Crippen LogP contribution < -0.4 is 9.47 Å². The lowest BCUT2D eigenvalue weighted by Crippen LogP contribution is -2.20. The molecular weight excluding hydrogens is 220 g/mol. The molecule has 0 aliphatic heterocycles. The molecule has 2 rings (SSSR count). The van der Waals surface area contributed by atoms with Crippen LogP contribution in [0.5, 0.6) is 11.5 Å². The van der Waals surface area contributed by atoms with E-state index in [1.165, 1.54) is 0 Å². The van der Waals surface area contributed by atoms with Crippen LogP contribution in [-0.4, -0.2) is 25.3 Å². The third kappa shape index (κ3) is 1.73. The zero-order valence-electron chi connectivity index (χ0n) is 10.2. The average molecular weight is 236 g/mol. The van der Waals surface area contributed by atoms with Gasteiger partial charge in [0.25, 0.3) is 0 Å². The van der Waals surface area contributed by atoms with E-state index in [2.05, 4.69) is 0 Å². The zero-order chi connectivity index (χ0) is 12.6. The van der Waals surface area contributed by atoms with Gasteiger partial charge in [-0.3, -0.25) is 4.79 Å². The van der Waals surface area contributed by atoms with Crippen LogP contribution >= 0.6 is 0 Å². The summed E-state index contributed by atoms with van der Waals surface area (Å²) in [5, 5.41) is 9.31.